The van der Waals surface area contributed by atoms with Crippen molar-refractivity contribution in [2.75, 3.05) is 33.7 Å². The zero-order valence-corrected chi connectivity index (χ0v) is 17.1. The minimum atomic E-state index is -0.536. The Labute approximate surface area is 161 Å². The molecule has 26 heavy (non-hydrogen) atoms. The van der Waals surface area contributed by atoms with E-state index in [0.29, 0.717) is 12.6 Å². The Hall–Kier alpha value is -1.63. The number of rotatable bonds is 9. The highest BCUT2D eigenvalue weighted by Gasteiger charge is 2.12. The van der Waals surface area contributed by atoms with Gasteiger partial charge in [-0.3, -0.25) is 4.99 Å². The first-order chi connectivity index (χ1) is 12.5. The van der Waals surface area contributed by atoms with Crippen LogP contribution in [-0.2, 0) is 0 Å². The van der Waals surface area contributed by atoms with Crippen LogP contribution >= 0.6 is 11.3 Å². The van der Waals surface area contributed by atoms with Crippen molar-refractivity contribution in [3.63, 3.8) is 0 Å². The molecule has 1 heterocycles. The zero-order chi connectivity index (χ0) is 18.9. The first-order valence-electron chi connectivity index (χ1n) is 9.32. The first-order valence-corrected chi connectivity index (χ1v) is 10.1. The maximum absolute atomic E-state index is 10.4. The van der Waals surface area contributed by atoms with Crippen LogP contribution in [0.15, 0.2) is 35.3 Å². The summed E-state index contributed by atoms with van der Waals surface area (Å²) < 4.78 is 1.20. The number of thiophene rings is 1. The summed E-state index contributed by atoms with van der Waals surface area (Å²) in [5.41, 5.74) is 0. The van der Waals surface area contributed by atoms with Crippen LogP contribution in [-0.4, -0.2) is 55.7 Å². The van der Waals surface area contributed by atoms with Gasteiger partial charge in [0.25, 0.3) is 0 Å². The Bertz CT molecular complexity index is 665. The molecule has 6 heteroatoms. The van der Waals surface area contributed by atoms with Crippen LogP contribution in [0.4, 0.5) is 0 Å². The molecule has 0 aliphatic carbocycles. The number of hydrogen-bond donors (Lipinski definition) is 3. The van der Waals surface area contributed by atoms with Crippen LogP contribution in [0, 0.1) is 0 Å². The van der Waals surface area contributed by atoms with Crippen molar-refractivity contribution in [2.45, 2.75) is 38.8 Å². The molecule has 0 saturated heterocycles. The average Bonchev–Trinajstić information content (AvgIpc) is 3.07. The van der Waals surface area contributed by atoms with Crippen molar-refractivity contribution in [2.24, 2.45) is 4.99 Å². The van der Waals surface area contributed by atoms with Crippen molar-refractivity contribution >= 4 is 27.4 Å². The van der Waals surface area contributed by atoms with E-state index in [0.717, 1.165) is 36.8 Å². The summed E-state index contributed by atoms with van der Waals surface area (Å²) in [6, 6.07) is 10.9. The lowest BCUT2D eigenvalue weighted by Gasteiger charge is -2.20. The van der Waals surface area contributed by atoms with Gasteiger partial charge in [0.2, 0.25) is 0 Å². The molecule has 1 aromatic heterocycles. The molecule has 2 rings (SSSR count). The molecule has 1 unspecified atom stereocenters. The van der Waals surface area contributed by atoms with Gasteiger partial charge in [0.05, 0.1) is 0 Å². The van der Waals surface area contributed by atoms with Crippen molar-refractivity contribution in [1.29, 1.82) is 0 Å². The lowest BCUT2D eigenvalue weighted by molar-refractivity contribution is 0.184. The number of hydrogen-bond acceptors (Lipinski definition) is 4. The fourth-order valence-corrected chi connectivity index (χ4v) is 3.68. The second kappa shape index (κ2) is 10.5. The summed E-state index contributed by atoms with van der Waals surface area (Å²) in [6.07, 6.45) is 1.71. The number of aliphatic imine (C=N–C) groups is 1. The molecule has 5 nitrogen and oxygen atoms in total. The monoisotopic (exact) mass is 376 g/mol. The Balaban J connectivity index is 1.71. The van der Waals surface area contributed by atoms with Gasteiger partial charge in [-0.25, -0.2) is 0 Å². The number of fused-ring (bicyclic) bond motifs is 1. The van der Waals surface area contributed by atoms with E-state index in [1.165, 1.54) is 10.1 Å². The highest BCUT2D eigenvalue weighted by molar-refractivity contribution is 7.19. The molecule has 0 spiro atoms. The van der Waals surface area contributed by atoms with E-state index in [2.05, 4.69) is 59.6 Å². The summed E-state index contributed by atoms with van der Waals surface area (Å²) in [4.78, 5) is 7.57. The molecule has 1 aromatic carbocycles. The Morgan fingerprint density at radius 2 is 2.00 bits per heavy atom. The Kier molecular flexibility index (Phi) is 8.35. The molecule has 0 aliphatic rings. The Morgan fingerprint density at radius 3 is 2.69 bits per heavy atom. The topological polar surface area (TPSA) is 59.9 Å². The van der Waals surface area contributed by atoms with E-state index in [4.69, 9.17) is 0 Å². The number of unbranched alkanes of at least 4 members (excludes halogenated alkanes) is 1. The molecule has 0 amide bonds. The highest BCUT2D eigenvalue weighted by Crippen LogP contribution is 2.29. The Morgan fingerprint density at radius 1 is 1.23 bits per heavy atom. The van der Waals surface area contributed by atoms with Crippen molar-refractivity contribution in [1.82, 2.24) is 15.5 Å². The maximum Gasteiger partial charge on any atom is 0.191 e. The van der Waals surface area contributed by atoms with Gasteiger partial charge < -0.3 is 20.6 Å². The van der Waals surface area contributed by atoms with Crippen molar-refractivity contribution < 1.29 is 5.11 Å². The van der Waals surface area contributed by atoms with Crippen LogP contribution in [0.3, 0.4) is 0 Å². The predicted molar refractivity (Wildman–Crippen MR) is 113 cm³/mol. The molecule has 0 fully saturated rings. The fourth-order valence-electron chi connectivity index (χ4n) is 2.63. The summed E-state index contributed by atoms with van der Waals surface area (Å²) >= 11 is 1.64. The third kappa shape index (κ3) is 6.27. The molecule has 144 valence electrons. The summed E-state index contributed by atoms with van der Waals surface area (Å²) in [6.45, 7) is 6.86. The van der Waals surface area contributed by atoms with Gasteiger partial charge in [0.1, 0.15) is 6.10 Å². The predicted octanol–water partition coefficient (Wildman–Crippen LogP) is 3.22. The molecular formula is C20H32N4OS. The molecule has 1 atom stereocenters. The molecule has 0 bridgehead atoms. The van der Waals surface area contributed by atoms with Gasteiger partial charge in [-0.05, 0) is 57.8 Å². The second-order valence-electron chi connectivity index (χ2n) is 6.86. The highest BCUT2D eigenvalue weighted by atomic mass is 32.1. The van der Waals surface area contributed by atoms with Gasteiger partial charge in [-0.1, -0.05) is 18.2 Å². The largest absolute Gasteiger partial charge is 0.386 e. The van der Waals surface area contributed by atoms with E-state index in [1.54, 1.807) is 18.4 Å². The third-order valence-corrected chi connectivity index (χ3v) is 5.79. The molecule has 0 radical (unpaired) electrons. The van der Waals surface area contributed by atoms with Gasteiger partial charge in [-0.2, -0.15) is 0 Å². The maximum atomic E-state index is 10.4. The minimum absolute atomic E-state index is 0.447. The van der Waals surface area contributed by atoms with E-state index >= 15 is 0 Å². The van der Waals surface area contributed by atoms with Gasteiger partial charge in [0, 0.05) is 35.8 Å². The quantitative estimate of drug-likeness (QED) is 0.357. The fraction of sp³-hybridized carbons (Fsp3) is 0.550. The second-order valence-corrected chi connectivity index (χ2v) is 7.98. The number of benzene rings is 1. The molecule has 0 saturated carbocycles. The molecule has 2 aromatic rings. The third-order valence-electron chi connectivity index (χ3n) is 4.57. The van der Waals surface area contributed by atoms with E-state index in [9.17, 15) is 5.11 Å². The number of nitrogens with zero attached hydrogens (tertiary/aromatic N) is 2. The number of aliphatic hydroxyl groups is 1. The van der Waals surface area contributed by atoms with E-state index < -0.39 is 6.10 Å². The zero-order valence-electron chi connectivity index (χ0n) is 16.3. The lowest BCUT2D eigenvalue weighted by atomic mass is 10.2. The van der Waals surface area contributed by atoms with Crippen LogP contribution in [0.2, 0.25) is 0 Å². The smallest absolute Gasteiger partial charge is 0.191 e. The first kappa shape index (κ1) is 20.7. The van der Waals surface area contributed by atoms with Crippen LogP contribution in [0.25, 0.3) is 10.1 Å². The SMILES string of the molecule is CN=C(NCCCCN(C)C(C)C)NCC(O)c1cc2ccccc2s1. The van der Waals surface area contributed by atoms with Gasteiger partial charge in [-0.15, -0.1) is 11.3 Å². The van der Waals surface area contributed by atoms with Gasteiger partial charge >= 0.3 is 0 Å². The van der Waals surface area contributed by atoms with Crippen LogP contribution in [0.5, 0.6) is 0 Å². The average molecular weight is 377 g/mol. The standard InChI is InChI=1S/C20H32N4OS/c1-15(2)24(4)12-8-7-11-22-20(21-3)23-14-17(25)19-13-16-9-5-6-10-18(16)26-19/h5-6,9-10,13,15,17,25H,7-8,11-12,14H2,1-4H3,(H2,21,22,23). The van der Waals surface area contributed by atoms with Crippen molar-refractivity contribution in [3.05, 3.63) is 35.2 Å². The van der Waals surface area contributed by atoms with Crippen molar-refractivity contribution in [3.8, 4) is 0 Å². The molecule has 0 aliphatic heterocycles. The van der Waals surface area contributed by atoms with Crippen LogP contribution in [0.1, 0.15) is 37.7 Å². The van der Waals surface area contributed by atoms with E-state index in [1.807, 2.05) is 12.1 Å². The van der Waals surface area contributed by atoms with E-state index in [-0.39, 0.29) is 0 Å². The van der Waals surface area contributed by atoms with Crippen LogP contribution < -0.4 is 10.6 Å². The number of guanidine groups is 1. The van der Waals surface area contributed by atoms with Gasteiger partial charge in [0.15, 0.2) is 5.96 Å². The molecular weight excluding hydrogens is 344 g/mol. The molecule has 3 N–H and O–H groups in total. The number of nitrogens with one attached hydrogen (secondary N) is 2. The number of aliphatic hydroxyl groups excluding tert-OH is 1. The normalized spacial score (nSPS) is 13.6. The lowest BCUT2D eigenvalue weighted by Crippen LogP contribution is -2.39. The summed E-state index contributed by atoms with van der Waals surface area (Å²) in [5.74, 6) is 0.738. The minimum Gasteiger partial charge on any atom is -0.386 e. The summed E-state index contributed by atoms with van der Waals surface area (Å²) in [5, 5.41) is 18.2. The summed E-state index contributed by atoms with van der Waals surface area (Å²) in [7, 11) is 3.92.